The molecule has 0 saturated carbocycles. The van der Waals surface area contributed by atoms with E-state index in [4.69, 9.17) is 4.74 Å². The van der Waals surface area contributed by atoms with Gasteiger partial charge in [-0.2, -0.15) is 0 Å². The van der Waals surface area contributed by atoms with E-state index in [9.17, 15) is 5.11 Å². The van der Waals surface area contributed by atoms with Crippen molar-refractivity contribution in [3.05, 3.63) is 78.0 Å². The number of aromatic amines is 1. The summed E-state index contributed by atoms with van der Waals surface area (Å²) >= 11 is 0. The molecular formula is C25H26N6O2. The summed E-state index contributed by atoms with van der Waals surface area (Å²) in [7, 11) is 0. The Labute approximate surface area is 192 Å². The zero-order valence-electron chi connectivity index (χ0n) is 18.7. The van der Waals surface area contributed by atoms with Gasteiger partial charge in [0, 0.05) is 42.1 Å². The third kappa shape index (κ3) is 4.18. The number of ether oxygens (including phenoxy) is 1. The molecular weight excluding hydrogens is 416 g/mol. The minimum absolute atomic E-state index is 0.598. The lowest BCUT2D eigenvalue weighted by Crippen LogP contribution is -2.37. The Hall–Kier alpha value is -3.75. The van der Waals surface area contributed by atoms with Crippen molar-refractivity contribution >= 4 is 22.5 Å². The van der Waals surface area contributed by atoms with Crippen LogP contribution in [0.5, 0.6) is 11.5 Å². The smallest absolute Gasteiger partial charge is 0.145 e. The van der Waals surface area contributed by atoms with Gasteiger partial charge in [-0.3, -0.25) is 9.88 Å². The number of fused-ring (bicyclic) bond motifs is 3. The van der Waals surface area contributed by atoms with Crippen LogP contribution in [-0.2, 0) is 13.0 Å². The number of hydrogen-bond acceptors (Lipinski definition) is 7. The van der Waals surface area contributed by atoms with Crippen molar-refractivity contribution in [2.75, 3.05) is 11.9 Å². The third-order valence-corrected chi connectivity index (χ3v) is 5.93. The van der Waals surface area contributed by atoms with E-state index in [-0.39, 0.29) is 0 Å². The summed E-state index contributed by atoms with van der Waals surface area (Å²) in [4.78, 5) is 18.6. The van der Waals surface area contributed by atoms with Crippen LogP contribution in [0.2, 0.25) is 0 Å². The molecule has 0 fully saturated rings. The predicted molar refractivity (Wildman–Crippen MR) is 128 cm³/mol. The Morgan fingerprint density at radius 2 is 2.09 bits per heavy atom. The molecule has 8 nitrogen and oxygen atoms in total. The van der Waals surface area contributed by atoms with Crippen LogP contribution in [0, 0.1) is 13.8 Å². The molecule has 1 aromatic carbocycles. The van der Waals surface area contributed by atoms with E-state index >= 15 is 0 Å². The Balaban J connectivity index is 1.42. The van der Waals surface area contributed by atoms with Crippen molar-refractivity contribution in [2.45, 2.75) is 33.0 Å². The quantitative estimate of drug-likeness (QED) is 0.381. The van der Waals surface area contributed by atoms with E-state index < -0.39 is 6.23 Å². The first-order valence-corrected chi connectivity index (χ1v) is 10.9. The number of aryl methyl sites for hydroxylation is 2. The second kappa shape index (κ2) is 8.65. The van der Waals surface area contributed by atoms with E-state index in [0.717, 1.165) is 63.8 Å². The van der Waals surface area contributed by atoms with Gasteiger partial charge in [0.2, 0.25) is 0 Å². The average Bonchev–Trinajstić information content (AvgIpc) is 3.20. The predicted octanol–water partition coefficient (Wildman–Crippen LogP) is 4.37. The summed E-state index contributed by atoms with van der Waals surface area (Å²) in [5.74, 6) is 2.20. The largest absolute Gasteiger partial charge is 0.455 e. The Kier molecular flexibility index (Phi) is 5.53. The molecule has 0 saturated heterocycles. The fourth-order valence-corrected chi connectivity index (χ4v) is 4.15. The molecule has 1 aliphatic rings. The summed E-state index contributed by atoms with van der Waals surface area (Å²) in [5, 5.41) is 14.6. The fourth-order valence-electron chi connectivity index (χ4n) is 4.15. The van der Waals surface area contributed by atoms with E-state index in [0.29, 0.717) is 12.3 Å². The van der Waals surface area contributed by atoms with Gasteiger partial charge in [0.25, 0.3) is 0 Å². The van der Waals surface area contributed by atoms with E-state index in [2.05, 4.69) is 31.8 Å². The lowest BCUT2D eigenvalue weighted by atomic mass is 10.0. The van der Waals surface area contributed by atoms with Crippen LogP contribution in [-0.4, -0.2) is 42.7 Å². The van der Waals surface area contributed by atoms with E-state index in [1.54, 1.807) is 18.6 Å². The maximum absolute atomic E-state index is 10.2. The number of anilines is 2. The van der Waals surface area contributed by atoms with Gasteiger partial charge in [-0.15, -0.1) is 0 Å². The highest BCUT2D eigenvalue weighted by atomic mass is 16.5. The number of pyridine rings is 1. The van der Waals surface area contributed by atoms with Gasteiger partial charge in [0.1, 0.15) is 35.5 Å². The highest BCUT2D eigenvalue weighted by Crippen LogP contribution is 2.34. The molecule has 0 bridgehead atoms. The van der Waals surface area contributed by atoms with Crippen molar-refractivity contribution in [3.63, 3.8) is 0 Å². The molecule has 168 valence electrons. The highest BCUT2D eigenvalue weighted by molar-refractivity contribution is 5.93. The normalized spacial score (nSPS) is 14.6. The molecule has 8 heteroatoms. The van der Waals surface area contributed by atoms with E-state index in [1.807, 2.05) is 49.1 Å². The Morgan fingerprint density at radius 3 is 2.85 bits per heavy atom. The van der Waals surface area contributed by atoms with Gasteiger partial charge in [0.15, 0.2) is 0 Å². The van der Waals surface area contributed by atoms with Gasteiger partial charge >= 0.3 is 0 Å². The van der Waals surface area contributed by atoms with Crippen LogP contribution in [0.4, 0.5) is 11.5 Å². The molecule has 0 aliphatic carbocycles. The SMILES string of the molecule is C=CC(O)N1CCc2[nH]c3ncnc(Nc4ccc(Oc5ccc(C)nc5)c(C)c4)c3c2C1. The zero-order valence-corrected chi connectivity index (χ0v) is 18.7. The molecule has 4 aromatic rings. The lowest BCUT2D eigenvalue weighted by molar-refractivity contribution is 0.0320. The number of rotatable bonds is 6. The number of aliphatic hydroxyl groups is 1. The van der Waals surface area contributed by atoms with Crippen molar-refractivity contribution in [1.82, 2.24) is 24.8 Å². The number of hydrogen-bond donors (Lipinski definition) is 3. The van der Waals surface area contributed by atoms with Crippen LogP contribution in [0.25, 0.3) is 11.0 Å². The molecule has 0 spiro atoms. The first kappa shape index (κ1) is 21.1. The van der Waals surface area contributed by atoms with Crippen LogP contribution in [0.15, 0.2) is 55.5 Å². The molecule has 4 heterocycles. The molecule has 3 aromatic heterocycles. The minimum Gasteiger partial charge on any atom is -0.455 e. The van der Waals surface area contributed by atoms with Gasteiger partial charge < -0.3 is 20.1 Å². The van der Waals surface area contributed by atoms with E-state index in [1.165, 1.54) is 0 Å². The van der Waals surface area contributed by atoms with Crippen molar-refractivity contribution < 1.29 is 9.84 Å². The number of aromatic nitrogens is 4. The summed E-state index contributed by atoms with van der Waals surface area (Å²) < 4.78 is 5.99. The number of nitrogens with zero attached hydrogens (tertiary/aromatic N) is 4. The monoisotopic (exact) mass is 442 g/mol. The average molecular weight is 443 g/mol. The van der Waals surface area contributed by atoms with Gasteiger partial charge in [-0.25, -0.2) is 9.97 Å². The van der Waals surface area contributed by atoms with Crippen LogP contribution >= 0.6 is 0 Å². The molecule has 33 heavy (non-hydrogen) atoms. The van der Waals surface area contributed by atoms with Crippen LogP contribution in [0.1, 0.15) is 22.5 Å². The number of benzene rings is 1. The fraction of sp³-hybridized carbons (Fsp3) is 0.240. The molecule has 3 N–H and O–H groups in total. The topological polar surface area (TPSA) is 99.2 Å². The van der Waals surface area contributed by atoms with Crippen molar-refractivity contribution in [3.8, 4) is 11.5 Å². The highest BCUT2D eigenvalue weighted by Gasteiger charge is 2.26. The molecule has 1 aliphatic heterocycles. The Bertz CT molecular complexity index is 1310. The van der Waals surface area contributed by atoms with Crippen LogP contribution < -0.4 is 10.1 Å². The first-order valence-electron chi connectivity index (χ1n) is 10.9. The van der Waals surface area contributed by atoms with Gasteiger partial charge in [-0.05, 0) is 55.8 Å². The summed E-state index contributed by atoms with van der Waals surface area (Å²) in [6.07, 6.45) is 4.95. The standard InChI is InChI=1S/C25H26N6O2/c1-4-22(32)31-10-9-20-19(13-31)23-24(27-14-28-25(23)30-20)29-17-6-8-21(15(2)11-17)33-18-7-5-16(3)26-12-18/h4-8,11-12,14,22,32H,1,9-10,13H2,2-3H3,(H2,27,28,29,30). The minimum atomic E-state index is -0.678. The second-order valence-corrected chi connectivity index (χ2v) is 8.24. The summed E-state index contributed by atoms with van der Waals surface area (Å²) in [5.41, 5.74) is 5.86. The molecule has 5 rings (SSSR count). The van der Waals surface area contributed by atoms with Gasteiger partial charge in [-0.1, -0.05) is 6.58 Å². The first-order chi connectivity index (χ1) is 16.0. The molecule has 0 radical (unpaired) electrons. The number of H-pyrrole nitrogens is 1. The summed E-state index contributed by atoms with van der Waals surface area (Å²) in [6, 6.07) is 9.76. The van der Waals surface area contributed by atoms with Crippen LogP contribution in [0.3, 0.4) is 0 Å². The number of nitrogens with one attached hydrogen (secondary N) is 2. The Morgan fingerprint density at radius 1 is 1.21 bits per heavy atom. The van der Waals surface area contributed by atoms with Gasteiger partial charge in [0.05, 0.1) is 11.6 Å². The molecule has 1 atom stereocenters. The maximum Gasteiger partial charge on any atom is 0.145 e. The zero-order chi connectivity index (χ0) is 22.9. The summed E-state index contributed by atoms with van der Waals surface area (Å²) in [6.45, 7) is 9.01. The van der Waals surface area contributed by atoms with Crippen molar-refractivity contribution in [2.24, 2.45) is 0 Å². The maximum atomic E-state index is 10.2. The second-order valence-electron chi connectivity index (χ2n) is 8.24. The third-order valence-electron chi connectivity index (χ3n) is 5.93. The molecule has 0 amide bonds. The lowest BCUT2D eigenvalue weighted by Gasteiger charge is -2.29. The van der Waals surface area contributed by atoms with Crippen molar-refractivity contribution in [1.29, 1.82) is 0 Å². The molecule has 1 unspecified atom stereocenters. The number of aliphatic hydroxyl groups excluding tert-OH is 1.